The van der Waals surface area contributed by atoms with Crippen molar-refractivity contribution in [3.05, 3.63) is 24.3 Å². The molecule has 0 radical (unpaired) electrons. The fraction of sp³-hybridized carbons (Fsp3) is 0.385. The largest absolute Gasteiger partial charge is 0.573 e. The van der Waals surface area contributed by atoms with Crippen LogP contribution in [0.2, 0.25) is 0 Å². The zero-order valence-corrected chi connectivity index (χ0v) is 10.4. The van der Waals surface area contributed by atoms with Crippen LogP contribution in [0.1, 0.15) is 13.8 Å². The van der Waals surface area contributed by atoms with Crippen LogP contribution < -0.4 is 9.64 Å². The first-order chi connectivity index (χ1) is 8.46. The molecule has 0 aliphatic carbocycles. The molecule has 0 aliphatic rings. The van der Waals surface area contributed by atoms with Crippen LogP contribution in [-0.4, -0.2) is 19.5 Å². The van der Waals surface area contributed by atoms with E-state index in [2.05, 4.69) is 17.6 Å². The van der Waals surface area contributed by atoms with Crippen LogP contribution in [0.3, 0.4) is 0 Å². The van der Waals surface area contributed by atoms with E-state index in [4.69, 9.17) is 0 Å². The number of nitrogens with zero attached hydrogens (tertiary/aromatic N) is 1. The summed E-state index contributed by atoms with van der Waals surface area (Å²) in [6, 6.07) is 5.88. The highest BCUT2D eigenvalue weighted by Crippen LogP contribution is 2.25. The SMILES string of the molecule is C#C.CCN(CC)c1ccc(OC(F)(F)F)cc1. The summed E-state index contributed by atoms with van der Waals surface area (Å²) in [4.78, 5) is 2.04. The molecule has 5 heteroatoms. The van der Waals surface area contributed by atoms with E-state index in [9.17, 15) is 13.2 Å². The van der Waals surface area contributed by atoms with E-state index in [1.165, 1.54) is 12.1 Å². The minimum atomic E-state index is -4.63. The average molecular weight is 259 g/mol. The molecular formula is C13H16F3NO. The number of rotatable bonds is 4. The van der Waals surface area contributed by atoms with E-state index in [1.807, 2.05) is 18.7 Å². The molecule has 2 nitrogen and oxygen atoms in total. The molecule has 0 saturated carbocycles. The number of terminal acetylenes is 1. The van der Waals surface area contributed by atoms with E-state index in [-0.39, 0.29) is 5.75 Å². The third kappa shape index (κ3) is 5.48. The highest BCUT2D eigenvalue weighted by molar-refractivity contribution is 5.48. The van der Waals surface area contributed by atoms with Crippen molar-refractivity contribution >= 4 is 5.69 Å². The smallest absolute Gasteiger partial charge is 0.406 e. The van der Waals surface area contributed by atoms with Crippen LogP contribution in [0.5, 0.6) is 5.75 Å². The van der Waals surface area contributed by atoms with Gasteiger partial charge in [0.15, 0.2) is 0 Å². The molecule has 1 aromatic carbocycles. The molecular weight excluding hydrogens is 243 g/mol. The fourth-order valence-corrected chi connectivity index (χ4v) is 1.45. The Morgan fingerprint density at radius 2 is 1.50 bits per heavy atom. The van der Waals surface area contributed by atoms with Crippen molar-refractivity contribution < 1.29 is 17.9 Å². The Labute approximate surface area is 105 Å². The van der Waals surface area contributed by atoms with E-state index in [1.54, 1.807) is 12.1 Å². The third-order valence-electron chi connectivity index (χ3n) is 2.20. The number of hydrogen-bond donors (Lipinski definition) is 0. The zero-order chi connectivity index (χ0) is 14.2. The van der Waals surface area contributed by atoms with Crippen molar-refractivity contribution in [2.45, 2.75) is 20.2 Å². The first kappa shape index (κ1) is 16.2. The Balaban J connectivity index is 0.00000137. The molecule has 0 bridgehead atoms. The molecule has 0 fully saturated rings. The van der Waals surface area contributed by atoms with Gasteiger partial charge < -0.3 is 9.64 Å². The van der Waals surface area contributed by atoms with Crippen LogP contribution in [0.4, 0.5) is 18.9 Å². The molecule has 0 heterocycles. The van der Waals surface area contributed by atoms with Crippen molar-refractivity contribution in [1.82, 2.24) is 0 Å². The van der Waals surface area contributed by atoms with Crippen molar-refractivity contribution in [1.29, 1.82) is 0 Å². The lowest BCUT2D eigenvalue weighted by Crippen LogP contribution is -2.21. The molecule has 0 aliphatic heterocycles. The summed E-state index contributed by atoms with van der Waals surface area (Å²) >= 11 is 0. The van der Waals surface area contributed by atoms with E-state index >= 15 is 0 Å². The van der Waals surface area contributed by atoms with Crippen LogP contribution in [0.25, 0.3) is 0 Å². The maximum Gasteiger partial charge on any atom is 0.573 e. The van der Waals surface area contributed by atoms with Gasteiger partial charge in [0, 0.05) is 18.8 Å². The minimum absolute atomic E-state index is 0.191. The van der Waals surface area contributed by atoms with E-state index in [0.29, 0.717) is 0 Å². The molecule has 100 valence electrons. The first-order valence-corrected chi connectivity index (χ1v) is 5.40. The Morgan fingerprint density at radius 3 is 1.83 bits per heavy atom. The molecule has 1 rings (SSSR count). The molecule has 0 aromatic heterocycles. The molecule has 0 amide bonds. The second kappa shape index (κ2) is 7.49. The second-order valence-electron chi connectivity index (χ2n) is 3.21. The van der Waals surface area contributed by atoms with Gasteiger partial charge in [-0.3, -0.25) is 0 Å². The highest BCUT2D eigenvalue weighted by Gasteiger charge is 2.30. The lowest BCUT2D eigenvalue weighted by molar-refractivity contribution is -0.274. The van der Waals surface area contributed by atoms with Gasteiger partial charge >= 0.3 is 6.36 Å². The number of benzene rings is 1. The predicted octanol–water partition coefficient (Wildman–Crippen LogP) is 3.68. The highest BCUT2D eigenvalue weighted by atomic mass is 19.4. The number of halogens is 3. The van der Waals surface area contributed by atoms with Crippen molar-refractivity contribution in [3.63, 3.8) is 0 Å². The molecule has 1 aromatic rings. The van der Waals surface area contributed by atoms with Crippen molar-refractivity contribution in [2.75, 3.05) is 18.0 Å². The first-order valence-electron chi connectivity index (χ1n) is 5.40. The molecule has 0 spiro atoms. The van der Waals surface area contributed by atoms with Gasteiger partial charge in [-0.1, -0.05) is 0 Å². The number of alkyl halides is 3. The fourth-order valence-electron chi connectivity index (χ4n) is 1.45. The number of ether oxygens (including phenoxy) is 1. The normalized spacial score (nSPS) is 10.2. The average Bonchev–Trinajstić information content (AvgIpc) is 2.33. The maximum absolute atomic E-state index is 11.9. The summed E-state index contributed by atoms with van der Waals surface area (Å²) in [6.07, 6.45) is 3.37. The van der Waals surface area contributed by atoms with Gasteiger partial charge in [0.1, 0.15) is 5.75 Å². The summed E-state index contributed by atoms with van der Waals surface area (Å²) in [7, 11) is 0. The lowest BCUT2D eigenvalue weighted by atomic mass is 10.2. The van der Waals surface area contributed by atoms with Crippen LogP contribution in [-0.2, 0) is 0 Å². The monoisotopic (exact) mass is 259 g/mol. The van der Waals surface area contributed by atoms with Gasteiger partial charge in [0.25, 0.3) is 0 Å². The van der Waals surface area contributed by atoms with Crippen molar-refractivity contribution in [3.8, 4) is 18.6 Å². The van der Waals surface area contributed by atoms with E-state index in [0.717, 1.165) is 18.8 Å². The number of anilines is 1. The minimum Gasteiger partial charge on any atom is -0.406 e. The van der Waals surface area contributed by atoms with Gasteiger partial charge in [-0.05, 0) is 38.1 Å². The van der Waals surface area contributed by atoms with Gasteiger partial charge in [0.05, 0.1) is 0 Å². The second-order valence-corrected chi connectivity index (χ2v) is 3.21. The van der Waals surface area contributed by atoms with Gasteiger partial charge in [-0.15, -0.1) is 26.0 Å². The van der Waals surface area contributed by atoms with Crippen LogP contribution >= 0.6 is 0 Å². The van der Waals surface area contributed by atoms with Crippen LogP contribution in [0, 0.1) is 12.8 Å². The van der Waals surface area contributed by atoms with Gasteiger partial charge in [0.2, 0.25) is 0 Å². The standard InChI is InChI=1S/C11H14F3NO.C2H2/c1-3-15(4-2)9-5-7-10(8-6-9)16-11(12,13)14;1-2/h5-8H,3-4H2,1-2H3;1-2H. The summed E-state index contributed by atoms with van der Waals surface area (Å²) in [5.41, 5.74) is 0.888. The Kier molecular flexibility index (Phi) is 6.73. The molecule has 0 atom stereocenters. The van der Waals surface area contributed by atoms with Crippen molar-refractivity contribution in [2.24, 2.45) is 0 Å². The summed E-state index contributed by atoms with van der Waals surface area (Å²) < 4.78 is 39.5. The quantitative estimate of drug-likeness (QED) is 0.765. The molecule has 0 unspecified atom stereocenters. The Bertz CT molecular complexity index is 353. The number of hydrogen-bond acceptors (Lipinski definition) is 2. The third-order valence-corrected chi connectivity index (χ3v) is 2.20. The Morgan fingerprint density at radius 1 is 1.06 bits per heavy atom. The van der Waals surface area contributed by atoms with E-state index < -0.39 is 6.36 Å². The molecule has 0 N–H and O–H groups in total. The molecule has 0 saturated heterocycles. The lowest BCUT2D eigenvalue weighted by Gasteiger charge is -2.21. The predicted molar refractivity (Wildman–Crippen MR) is 66.6 cm³/mol. The summed E-state index contributed by atoms with van der Waals surface area (Å²) in [5.74, 6) is -0.191. The summed E-state index contributed by atoms with van der Waals surface area (Å²) in [6.45, 7) is 5.61. The Hall–Kier alpha value is -1.83. The zero-order valence-electron chi connectivity index (χ0n) is 10.4. The maximum atomic E-state index is 11.9. The summed E-state index contributed by atoms with van der Waals surface area (Å²) in [5, 5.41) is 0. The van der Waals surface area contributed by atoms with Crippen LogP contribution in [0.15, 0.2) is 24.3 Å². The van der Waals surface area contributed by atoms with Gasteiger partial charge in [-0.2, -0.15) is 0 Å². The topological polar surface area (TPSA) is 12.5 Å². The molecule has 18 heavy (non-hydrogen) atoms. The van der Waals surface area contributed by atoms with Gasteiger partial charge in [-0.25, -0.2) is 0 Å².